The summed E-state index contributed by atoms with van der Waals surface area (Å²) in [6.07, 6.45) is 5.10. The van der Waals surface area contributed by atoms with Gasteiger partial charge < -0.3 is 14.2 Å². The third-order valence-electron chi connectivity index (χ3n) is 5.59. The second-order valence-corrected chi connectivity index (χ2v) is 7.74. The first-order valence-corrected chi connectivity index (χ1v) is 10.4. The number of carbonyl (C=O) groups excluding carboxylic acids is 1. The fourth-order valence-electron chi connectivity index (χ4n) is 4.01. The maximum absolute atomic E-state index is 13.4. The number of ether oxygens (including phenoxy) is 1. The summed E-state index contributed by atoms with van der Waals surface area (Å²) in [5, 5.41) is 0.974. The lowest BCUT2D eigenvalue weighted by Gasteiger charge is -2.27. The van der Waals surface area contributed by atoms with Crippen LogP contribution in [0.15, 0.2) is 61.2 Å². The Kier molecular flexibility index (Phi) is 5.70. The first kappa shape index (κ1) is 19.3. The molecule has 2 aromatic carbocycles. The summed E-state index contributed by atoms with van der Waals surface area (Å²) in [6.45, 7) is 8.60. The third-order valence-corrected chi connectivity index (χ3v) is 5.59. The maximum atomic E-state index is 13.4. The molecule has 0 N–H and O–H groups in total. The van der Waals surface area contributed by atoms with Gasteiger partial charge in [-0.2, -0.15) is 0 Å². The van der Waals surface area contributed by atoms with E-state index in [1.807, 2.05) is 23.1 Å². The minimum Gasteiger partial charge on any atom is -0.489 e. The molecule has 0 radical (unpaired) electrons. The molecule has 4 nitrogen and oxygen atoms in total. The van der Waals surface area contributed by atoms with Gasteiger partial charge in [0.05, 0.1) is 5.52 Å². The normalized spacial score (nSPS) is 14.2. The number of carbonyl (C=O) groups is 1. The van der Waals surface area contributed by atoms with Gasteiger partial charge in [0.25, 0.3) is 5.91 Å². The molecule has 1 saturated heterocycles. The van der Waals surface area contributed by atoms with E-state index in [9.17, 15) is 4.79 Å². The molecule has 0 bridgehead atoms. The molecule has 4 rings (SSSR count). The lowest BCUT2D eigenvalue weighted by Crippen LogP contribution is -2.36. The highest BCUT2D eigenvalue weighted by molar-refractivity contribution is 6.00. The average Bonchev–Trinajstić information content (AvgIpc) is 3.13. The van der Waals surface area contributed by atoms with Crippen molar-refractivity contribution < 1.29 is 9.53 Å². The summed E-state index contributed by atoms with van der Waals surface area (Å²) in [7, 11) is 0. The molecule has 0 saturated carbocycles. The van der Waals surface area contributed by atoms with Gasteiger partial charge in [-0.1, -0.05) is 48.6 Å². The number of aromatic nitrogens is 1. The molecule has 1 aliphatic heterocycles. The molecule has 2 heterocycles. The van der Waals surface area contributed by atoms with Gasteiger partial charge >= 0.3 is 0 Å². The highest BCUT2D eigenvalue weighted by Crippen LogP contribution is 2.31. The summed E-state index contributed by atoms with van der Waals surface area (Å²) in [4.78, 5) is 15.4. The summed E-state index contributed by atoms with van der Waals surface area (Å²) < 4.78 is 8.01. The summed E-state index contributed by atoms with van der Waals surface area (Å²) in [5.74, 6) is 0.903. The van der Waals surface area contributed by atoms with Crippen LogP contribution in [0.5, 0.6) is 5.75 Å². The number of nitrogens with zero attached hydrogens (tertiary/aromatic N) is 2. The molecule has 1 aliphatic rings. The van der Waals surface area contributed by atoms with Crippen LogP contribution in [0.4, 0.5) is 0 Å². The van der Waals surface area contributed by atoms with Gasteiger partial charge in [0.15, 0.2) is 0 Å². The molecule has 0 unspecified atom stereocenters. The van der Waals surface area contributed by atoms with Gasteiger partial charge in [-0.25, -0.2) is 0 Å². The summed E-state index contributed by atoms with van der Waals surface area (Å²) in [5.41, 5.74) is 4.17. The van der Waals surface area contributed by atoms with Gasteiger partial charge in [-0.3, -0.25) is 4.79 Å². The fourth-order valence-corrected chi connectivity index (χ4v) is 4.01. The van der Waals surface area contributed by atoms with Gasteiger partial charge in [0.2, 0.25) is 0 Å². The van der Waals surface area contributed by atoms with E-state index in [4.69, 9.17) is 4.74 Å². The van der Waals surface area contributed by atoms with E-state index in [-0.39, 0.29) is 5.91 Å². The van der Waals surface area contributed by atoms with Crippen LogP contribution in [0.25, 0.3) is 10.9 Å². The minimum atomic E-state index is 0.114. The topological polar surface area (TPSA) is 34.5 Å². The second-order valence-electron chi connectivity index (χ2n) is 7.74. The van der Waals surface area contributed by atoms with Crippen molar-refractivity contribution >= 4 is 16.8 Å². The van der Waals surface area contributed by atoms with E-state index in [0.29, 0.717) is 13.2 Å². The number of rotatable bonds is 6. The molecule has 1 aromatic heterocycles. The van der Waals surface area contributed by atoms with Crippen molar-refractivity contribution in [1.82, 2.24) is 9.47 Å². The Hall–Kier alpha value is -3.01. The van der Waals surface area contributed by atoms with E-state index < -0.39 is 0 Å². The van der Waals surface area contributed by atoms with Crippen molar-refractivity contribution in [1.29, 1.82) is 0 Å². The Morgan fingerprint density at radius 3 is 2.59 bits per heavy atom. The predicted octanol–water partition coefficient (Wildman–Crippen LogP) is 5.19. The predicted molar refractivity (Wildman–Crippen MR) is 118 cm³/mol. The molecule has 1 amide bonds. The van der Waals surface area contributed by atoms with E-state index >= 15 is 0 Å². The minimum absolute atomic E-state index is 0.114. The van der Waals surface area contributed by atoms with E-state index in [2.05, 4.69) is 48.4 Å². The van der Waals surface area contributed by atoms with Crippen molar-refractivity contribution in [3.8, 4) is 5.75 Å². The van der Waals surface area contributed by atoms with Crippen molar-refractivity contribution in [3.63, 3.8) is 0 Å². The number of likely N-dealkylation sites (tertiary alicyclic amines) is 1. The number of amides is 1. The largest absolute Gasteiger partial charge is 0.489 e. The van der Waals surface area contributed by atoms with Crippen molar-refractivity contribution in [3.05, 3.63) is 78.0 Å². The van der Waals surface area contributed by atoms with Gasteiger partial charge in [-0.05, 0) is 49.9 Å². The fraction of sp³-hybridized carbons (Fsp3) is 0.320. The van der Waals surface area contributed by atoms with Crippen molar-refractivity contribution in [2.45, 2.75) is 32.7 Å². The first-order chi connectivity index (χ1) is 14.2. The Labute approximate surface area is 172 Å². The zero-order valence-corrected chi connectivity index (χ0v) is 17.1. The Bertz CT molecular complexity index is 1010. The molecule has 150 valence electrons. The van der Waals surface area contributed by atoms with Crippen molar-refractivity contribution in [2.24, 2.45) is 0 Å². The van der Waals surface area contributed by atoms with Crippen LogP contribution in [0.3, 0.4) is 0 Å². The zero-order valence-electron chi connectivity index (χ0n) is 17.1. The van der Waals surface area contributed by atoms with Gasteiger partial charge in [-0.15, -0.1) is 0 Å². The Morgan fingerprint density at radius 1 is 1.10 bits per heavy atom. The van der Waals surface area contributed by atoms with Crippen LogP contribution < -0.4 is 4.74 Å². The van der Waals surface area contributed by atoms with Gasteiger partial charge in [0, 0.05) is 25.0 Å². The number of piperidine rings is 1. The maximum Gasteiger partial charge on any atom is 0.270 e. The molecule has 4 heteroatoms. The third kappa shape index (κ3) is 4.07. The lowest BCUT2D eigenvalue weighted by molar-refractivity contribution is 0.0714. The molecule has 0 atom stereocenters. The highest BCUT2D eigenvalue weighted by Gasteiger charge is 2.24. The quantitative estimate of drug-likeness (QED) is 0.545. The smallest absolute Gasteiger partial charge is 0.270 e. The number of benzene rings is 2. The SMILES string of the molecule is C=CCOc1cccc2c1cc(C(=O)N1CCCCC1)n2Cc1ccc(C)cc1. The standard InChI is InChI=1S/C25H28N2O2/c1-3-16-29-24-9-7-8-22-21(24)17-23(25(28)26-14-5-4-6-15-26)27(22)18-20-12-10-19(2)11-13-20/h3,7-13,17H,1,4-6,14-16,18H2,2H3. The van der Waals surface area contributed by atoms with Crippen LogP contribution in [-0.2, 0) is 6.54 Å². The van der Waals surface area contributed by atoms with E-state index in [0.717, 1.165) is 48.3 Å². The first-order valence-electron chi connectivity index (χ1n) is 10.4. The molecule has 29 heavy (non-hydrogen) atoms. The summed E-state index contributed by atoms with van der Waals surface area (Å²) >= 11 is 0. The monoisotopic (exact) mass is 388 g/mol. The number of hydrogen-bond donors (Lipinski definition) is 0. The number of hydrogen-bond acceptors (Lipinski definition) is 2. The van der Waals surface area contributed by atoms with Crippen LogP contribution in [-0.4, -0.2) is 35.1 Å². The van der Waals surface area contributed by atoms with Crippen LogP contribution in [0.1, 0.15) is 40.9 Å². The molecule has 3 aromatic rings. The average molecular weight is 389 g/mol. The molecule has 0 aliphatic carbocycles. The van der Waals surface area contributed by atoms with E-state index in [1.54, 1.807) is 6.08 Å². The Morgan fingerprint density at radius 2 is 1.86 bits per heavy atom. The number of aryl methyl sites for hydroxylation is 1. The van der Waals surface area contributed by atoms with Crippen LogP contribution in [0.2, 0.25) is 0 Å². The molecular formula is C25H28N2O2. The second kappa shape index (κ2) is 8.56. The highest BCUT2D eigenvalue weighted by atomic mass is 16.5. The molecule has 0 spiro atoms. The van der Waals surface area contributed by atoms with Crippen LogP contribution >= 0.6 is 0 Å². The van der Waals surface area contributed by atoms with Crippen LogP contribution in [0, 0.1) is 6.92 Å². The molecular weight excluding hydrogens is 360 g/mol. The Balaban J connectivity index is 1.79. The lowest BCUT2D eigenvalue weighted by atomic mass is 10.1. The van der Waals surface area contributed by atoms with Crippen molar-refractivity contribution in [2.75, 3.05) is 19.7 Å². The van der Waals surface area contributed by atoms with E-state index in [1.165, 1.54) is 17.5 Å². The number of fused-ring (bicyclic) bond motifs is 1. The summed E-state index contributed by atoms with van der Waals surface area (Å²) in [6, 6.07) is 16.5. The van der Waals surface area contributed by atoms with Gasteiger partial charge in [0.1, 0.15) is 18.1 Å². The molecule has 1 fully saturated rings. The zero-order chi connectivity index (χ0) is 20.2.